The summed E-state index contributed by atoms with van der Waals surface area (Å²) in [6, 6.07) is 7.69. The van der Waals surface area contributed by atoms with Crippen LogP contribution < -0.4 is 21.5 Å². The molecule has 20 heavy (non-hydrogen) atoms. The molecular weight excluding hydrogens is 292 g/mol. The van der Waals surface area contributed by atoms with Gasteiger partial charge in [0.05, 0.1) is 12.4 Å². The summed E-state index contributed by atoms with van der Waals surface area (Å²) in [5.74, 6) is 0. The molecule has 1 aromatic rings. The molecule has 0 amide bonds. The van der Waals surface area contributed by atoms with Gasteiger partial charge in [-0.15, -0.1) is 0 Å². The van der Waals surface area contributed by atoms with Crippen LogP contribution in [0.1, 0.15) is 11.1 Å². The Hall–Kier alpha value is -2.06. The molecule has 0 spiro atoms. The first-order valence-corrected chi connectivity index (χ1v) is 6.59. The van der Waals surface area contributed by atoms with E-state index in [1.165, 1.54) is 0 Å². The first-order valence-electron chi connectivity index (χ1n) is 5.77. The third kappa shape index (κ3) is 6.21. The molecule has 8 heteroatoms. The minimum Gasteiger partial charge on any atom is -0.364 e. The molecule has 0 saturated carbocycles. The van der Waals surface area contributed by atoms with Crippen LogP contribution in [0.5, 0.6) is 0 Å². The fraction of sp³-hybridized carbons (Fsp3) is 0.167. The molecule has 1 rings (SSSR count). The second-order valence-corrected chi connectivity index (χ2v) is 4.38. The maximum atomic E-state index is 4.89. The standard InChI is InChI=1S/C12H16N6S2/c1-13-11(19)17-15-7-9-3-5-10(6-4-9)8-16-18-12(20)14-2/h3-8H,1-2H3,(H2,13,17,19)(H2,14,18,20)/b15-7+,16-8+. The lowest BCUT2D eigenvalue weighted by atomic mass is 10.2. The van der Waals surface area contributed by atoms with Crippen LogP contribution in [0.25, 0.3) is 0 Å². The van der Waals surface area contributed by atoms with Gasteiger partial charge in [-0.1, -0.05) is 24.3 Å². The van der Waals surface area contributed by atoms with Crippen LogP contribution in [0, 0.1) is 0 Å². The number of benzene rings is 1. The number of rotatable bonds is 4. The van der Waals surface area contributed by atoms with Gasteiger partial charge in [0.15, 0.2) is 10.2 Å². The molecule has 1 aromatic carbocycles. The predicted molar refractivity (Wildman–Crippen MR) is 91.2 cm³/mol. The molecule has 0 aliphatic heterocycles. The van der Waals surface area contributed by atoms with Crippen molar-refractivity contribution in [2.24, 2.45) is 10.2 Å². The van der Waals surface area contributed by atoms with E-state index < -0.39 is 0 Å². The molecule has 106 valence electrons. The van der Waals surface area contributed by atoms with Gasteiger partial charge in [-0.3, -0.25) is 10.9 Å². The Bertz CT molecular complexity index is 462. The van der Waals surface area contributed by atoms with Crippen molar-refractivity contribution >= 4 is 47.1 Å². The SMILES string of the molecule is CNC(=S)N/N=C/c1ccc(/C=N/NC(=S)NC)cc1. The Morgan fingerprint density at radius 1 is 0.850 bits per heavy atom. The van der Waals surface area contributed by atoms with E-state index in [9.17, 15) is 0 Å². The van der Waals surface area contributed by atoms with Crippen LogP contribution in [0.2, 0.25) is 0 Å². The normalized spacial score (nSPS) is 10.5. The molecule has 0 heterocycles. The average molecular weight is 308 g/mol. The second kappa shape index (κ2) is 8.94. The van der Waals surface area contributed by atoms with Gasteiger partial charge in [0.1, 0.15) is 0 Å². The van der Waals surface area contributed by atoms with Crippen LogP contribution in [0.3, 0.4) is 0 Å². The van der Waals surface area contributed by atoms with Gasteiger partial charge in [0, 0.05) is 14.1 Å². The molecule has 6 nitrogen and oxygen atoms in total. The highest BCUT2D eigenvalue weighted by Crippen LogP contribution is 1.99. The Morgan fingerprint density at radius 3 is 1.50 bits per heavy atom. The van der Waals surface area contributed by atoms with Gasteiger partial charge in [-0.2, -0.15) is 10.2 Å². The van der Waals surface area contributed by atoms with Gasteiger partial charge in [0.2, 0.25) is 0 Å². The van der Waals surface area contributed by atoms with Gasteiger partial charge < -0.3 is 10.6 Å². The lowest BCUT2D eigenvalue weighted by molar-refractivity contribution is 0.981. The van der Waals surface area contributed by atoms with E-state index in [2.05, 4.69) is 31.7 Å². The molecule has 0 atom stereocenters. The van der Waals surface area contributed by atoms with E-state index in [4.69, 9.17) is 24.4 Å². The number of nitrogens with zero attached hydrogens (tertiary/aromatic N) is 2. The van der Waals surface area contributed by atoms with Crippen molar-refractivity contribution in [2.45, 2.75) is 0 Å². The lowest BCUT2D eigenvalue weighted by Crippen LogP contribution is -2.28. The Morgan fingerprint density at radius 2 is 1.20 bits per heavy atom. The Balaban J connectivity index is 2.51. The van der Waals surface area contributed by atoms with E-state index in [0.717, 1.165) is 11.1 Å². The first kappa shape index (κ1) is 16.0. The number of hydrazone groups is 2. The quantitative estimate of drug-likeness (QED) is 0.370. The Kier molecular flexibility index (Phi) is 7.15. The van der Waals surface area contributed by atoms with Gasteiger partial charge in [-0.25, -0.2) is 0 Å². The zero-order valence-corrected chi connectivity index (χ0v) is 12.8. The summed E-state index contributed by atoms with van der Waals surface area (Å²) in [6.07, 6.45) is 3.36. The van der Waals surface area contributed by atoms with Crippen LogP contribution in [0.15, 0.2) is 34.5 Å². The third-order valence-corrected chi connectivity index (χ3v) is 2.74. The summed E-state index contributed by atoms with van der Waals surface area (Å²) in [4.78, 5) is 0. The van der Waals surface area contributed by atoms with Crippen LogP contribution in [-0.4, -0.2) is 36.7 Å². The second-order valence-electron chi connectivity index (χ2n) is 3.56. The van der Waals surface area contributed by atoms with E-state index in [0.29, 0.717) is 10.2 Å². The highest BCUT2D eigenvalue weighted by atomic mass is 32.1. The van der Waals surface area contributed by atoms with Crippen LogP contribution in [-0.2, 0) is 0 Å². The highest BCUT2D eigenvalue weighted by molar-refractivity contribution is 7.80. The molecule has 0 saturated heterocycles. The fourth-order valence-corrected chi connectivity index (χ4v) is 1.22. The summed E-state index contributed by atoms with van der Waals surface area (Å²) < 4.78 is 0. The summed E-state index contributed by atoms with van der Waals surface area (Å²) in [7, 11) is 3.46. The molecule has 0 aromatic heterocycles. The van der Waals surface area contributed by atoms with Crippen molar-refractivity contribution in [2.75, 3.05) is 14.1 Å². The zero-order chi connectivity index (χ0) is 14.8. The molecule has 0 unspecified atom stereocenters. The number of hydrogen-bond donors (Lipinski definition) is 4. The van der Waals surface area contributed by atoms with Crippen molar-refractivity contribution in [3.8, 4) is 0 Å². The smallest absolute Gasteiger partial charge is 0.186 e. The topological polar surface area (TPSA) is 72.8 Å². The average Bonchev–Trinajstić information content (AvgIpc) is 2.48. The van der Waals surface area contributed by atoms with Crippen LogP contribution in [0.4, 0.5) is 0 Å². The molecule has 0 aliphatic rings. The van der Waals surface area contributed by atoms with Gasteiger partial charge in [-0.05, 0) is 35.6 Å². The first-order chi connectivity index (χ1) is 9.65. The van der Waals surface area contributed by atoms with Gasteiger partial charge >= 0.3 is 0 Å². The van der Waals surface area contributed by atoms with Crippen LogP contribution >= 0.6 is 24.4 Å². The number of thiocarbonyl (C=S) groups is 2. The van der Waals surface area contributed by atoms with Gasteiger partial charge in [0.25, 0.3) is 0 Å². The van der Waals surface area contributed by atoms with Crippen molar-refractivity contribution in [1.82, 2.24) is 21.5 Å². The van der Waals surface area contributed by atoms with E-state index in [1.807, 2.05) is 24.3 Å². The maximum Gasteiger partial charge on any atom is 0.186 e. The molecule has 4 N–H and O–H groups in total. The summed E-state index contributed by atoms with van der Waals surface area (Å²) in [5, 5.41) is 14.4. The van der Waals surface area contributed by atoms with E-state index in [1.54, 1.807) is 26.5 Å². The molecule has 0 bridgehead atoms. The van der Waals surface area contributed by atoms with Crippen molar-refractivity contribution in [1.29, 1.82) is 0 Å². The van der Waals surface area contributed by atoms with Crippen molar-refractivity contribution in [3.05, 3.63) is 35.4 Å². The zero-order valence-electron chi connectivity index (χ0n) is 11.2. The predicted octanol–water partition coefficient (Wildman–Crippen LogP) is 0.542. The summed E-state index contributed by atoms with van der Waals surface area (Å²) >= 11 is 9.79. The largest absolute Gasteiger partial charge is 0.364 e. The summed E-state index contributed by atoms with van der Waals surface area (Å²) in [5.41, 5.74) is 7.26. The molecular formula is C12H16N6S2. The highest BCUT2D eigenvalue weighted by Gasteiger charge is 1.91. The molecule has 0 aliphatic carbocycles. The van der Waals surface area contributed by atoms with E-state index in [-0.39, 0.29) is 0 Å². The monoisotopic (exact) mass is 308 g/mol. The van der Waals surface area contributed by atoms with E-state index >= 15 is 0 Å². The molecule has 0 fully saturated rings. The number of nitrogens with one attached hydrogen (secondary N) is 4. The Labute approximate surface area is 128 Å². The minimum absolute atomic E-state index is 0.469. The summed E-state index contributed by atoms with van der Waals surface area (Å²) in [6.45, 7) is 0. The number of hydrogen-bond acceptors (Lipinski definition) is 4. The maximum absolute atomic E-state index is 4.89. The third-order valence-electron chi connectivity index (χ3n) is 2.15. The lowest BCUT2D eigenvalue weighted by Gasteiger charge is -2.00. The fourth-order valence-electron chi connectivity index (χ4n) is 1.11. The molecule has 0 radical (unpaired) electrons. The van der Waals surface area contributed by atoms with Crippen molar-refractivity contribution in [3.63, 3.8) is 0 Å². The van der Waals surface area contributed by atoms with Crippen molar-refractivity contribution < 1.29 is 0 Å². The minimum atomic E-state index is 0.469.